The van der Waals surface area contributed by atoms with E-state index in [-0.39, 0.29) is 30.9 Å². The van der Waals surface area contributed by atoms with Gasteiger partial charge in [-0.25, -0.2) is 0 Å². The zero-order chi connectivity index (χ0) is 46.9. The number of aromatic nitrogens is 3. The largest absolute Gasteiger partial charge is 0.454 e. The van der Waals surface area contributed by atoms with Crippen molar-refractivity contribution in [2.75, 3.05) is 21.3 Å². The van der Waals surface area contributed by atoms with E-state index in [0.717, 1.165) is 5.56 Å². The van der Waals surface area contributed by atoms with Gasteiger partial charge in [0.15, 0.2) is 17.1 Å². The predicted octanol–water partition coefficient (Wildman–Crippen LogP) is 10.4. The number of anilines is 5. The molecule has 11 rings (SSSR count). The Morgan fingerprint density at radius 3 is 1.87 bits per heavy atom. The van der Waals surface area contributed by atoms with Crippen LogP contribution >= 0.6 is 0 Å². The minimum Gasteiger partial charge on any atom is -0.454 e. The third-order valence-corrected chi connectivity index (χ3v) is 16.1. The van der Waals surface area contributed by atoms with Crippen LogP contribution in [0.3, 0.4) is 0 Å². The van der Waals surface area contributed by atoms with E-state index in [1.807, 2.05) is 110 Å². The Hall–Kier alpha value is -7.46. The molecule has 0 saturated carbocycles. The number of aliphatic hydroxyl groups excluding tert-OH is 1. The molecule has 4 aliphatic heterocycles. The first-order valence-corrected chi connectivity index (χ1v) is 25.7. The van der Waals surface area contributed by atoms with Gasteiger partial charge in [-0.2, -0.15) is 0 Å². The van der Waals surface area contributed by atoms with Crippen molar-refractivity contribution >= 4 is 54.6 Å². The molecule has 7 aromatic rings. The summed E-state index contributed by atoms with van der Waals surface area (Å²) < 4.78 is 38.4. The Bertz CT molecular complexity index is 3140. The average Bonchev–Trinajstić information content (AvgIpc) is 3.93. The minimum absolute atomic E-state index is 0.0659. The van der Waals surface area contributed by atoms with Gasteiger partial charge in [-0.3, -0.25) is 28.9 Å². The molecule has 1 N–H and O–H groups in total. The number of aliphatic hydroxyl groups is 1. The fourth-order valence-electron chi connectivity index (χ4n) is 10.6. The average molecular weight is 927 g/mol. The monoisotopic (exact) mass is 926 g/mol. The van der Waals surface area contributed by atoms with Gasteiger partial charge in [-0.05, 0) is 104 Å². The van der Waals surface area contributed by atoms with Crippen molar-refractivity contribution in [3.8, 4) is 23.0 Å². The quantitative estimate of drug-likeness (QED) is 0.105. The molecule has 0 aliphatic carbocycles. The summed E-state index contributed by atoms with van der Waals surface area (Å²) in [4.78, 5) is 49.5. The molecule has 3 amide bonds. The first-order valence-electron chi connectivity index (χ1n) is 22.8. The first kappa shape index (κ1) is 43.1. The zero-order valence-electron chi connectivity index (χ0n) is 37.6. The summed E-state index contributed by atoms with van der Waals surface area (Å²) >= 11 is 0. The van der Waals surface area contributed by atoms with E-state index in [0.29, 0.717) is 93.2 Å². The van der Waals surface area contributed by atoms with Gasteiger partial charge in [-0.1, -0.05) is 72.8 Å². The molecule has 0 unspecified atom stereocenters. The number of fused-ring (bicyclic) bond motifs is 6. The molecule has 4 aliphatic rings. The molecule has 68 heavy (non-hydrogen) atoms. The fourth-order valence-corrected chi connectivity index (χ4v) is 13.1. The third-order valence-electron chi connectivity index (χ3n) is 13.6. The molecule has 342 valence electrons. The van der Waals surface area contributed by atoms with Gasteiger partial charge in [0.05, 0.1) is 46.5 Å². The van der Waals surface area contributed by atoms with Crippen molar-refractivity contribution in [1.82, 2.24) is 15.0 Å². The van der Waals surface area contributed by atoms with Gasteiger partial charge in [-0.15, -0.1) is 5.10 Å². The Kier molecular flexibility index (Phi) is 10.6. The Labute approximate surface area is 393 Å². The topological polar surface area (TPSA) is 140 Å². The van der Waals surface area contributed by atoms with Crippen molar-refractivity contribution in [2.45, 2.75) is 63.2 Å². The van der Waals surface area contributed by atoms with Crippen LogP contribution in [0.1, 0.15) is 50.9 Å². The lowest BCUT2D eigenvalue weighted by Crippen LogP contribution is -2.45. The zero-order valence-corrected chi connectivity index (χ0v) is 38.6. The maximum atomic E-state index is 17.0. The van der Waals surface area contributed by atoms with Crippen LogP contribution in [0.15, 0.2) is 146 Å². The van der Waals surface area contributed by atoms with Gasteiger partial charge < -0.3 is 28.3 Å². The third kappa shape index (κ3) is 7.07. The predicted molar refractivity (Wildman–Crippen MR) is 256 cm³/mol. The number of carbonyl (C=O) groups is 3. The molecular formula is C53H47FN6O7Si. The lowest BCUT2D eigenvalue weighted by Gasteiger charge is -2.31. The van der Waals surface area contributed by atoms with Crippen molar-refractivity contribution in [3.63, 3.8) is 0 Å². The van der Waals surface area contributed by atoms with Crippen LogP contribution in [-0.4, -0.2) is 58.9 Å². The van der Waals surface area contributed by atoms with Gasteiger partial charge in [0.25, 0.3) is 17.7 Å². The maximum absolute atomic E-state index is 17.0. The summed E-state index contributed by atoms with van der Waals surface area (Å²) in [5, 5.41) is 17.9. The van der Waals surface area contributed by atoms with Crippen LogP contribution < -0.4 is 24.2 Å². The highest BCUT2D eigenvalue weighted by Gasteiger charge is 2.66. The van der Waals surface area contributed by atoms with E-state index in [1.165, 1.54) is 0 Å². The number of carbonyl (C=O) groups excluding carboxylic acids is 3. The van der Waals surface area contributed by atoms with Crippen LogP contribution in [-0.2, 0) is 34.6 Å². The molecule has 13 nitrogen and oxygen atoms in total. The summed E-state index contributed by atoms with van der Waals surface area (Å²) in [6.07, 6.45) is 1.79. The van der Waals surface area contributed by atoms with Crippen LogP contribution in [0.2, 0.25) is 18.6 Å². The number of halogens is 1. The number of hydrogen-bond acceptors (Lipinski definition) is 9. The van der Waals surface area contributed by atoms with Crippen LogP contribution in [0.4, 0.5) is 32.5 Å². The number of para-hydroxylation sites is 6. The lowest BCUT2D eigenvalue weighted by molar-refractivity contribution is -0.146. The second kappa shape index (κ2) is 16.7. The highest BCUT2D eigenvalue weighted by molar-refractivity contribution is 6.72. The Morgan fingerprint density at radius 1 is 0.706 bits per heavy atom. The number of amides is 3. The fraction of sp³-hybridized carbons (Fsp3) is 0.226. The van der Waals surface area contributed by atoms with Crippen molar-refractivity contribution in [1.29, 1.82) is 0 Å². The first-order chi connectivity index (χ1) is 32.9. The molecule has 5 heterocycles. The maximum Gasteiger partial charge on any atom is 0.266 e. The summed E-state index contributed by atoms with van der Waals surface area (Å²) in [6, 6.07) is 42.0. The van der Waals surface area contributed by atoms with Crippen molar-refractivity contribution < 1.29 is 37.8 Å². The minimum atomic E-state index is -3.56. The molecule has 6 aromatic carbocycles. The Morgan fingerprint density at radius 2 is 1.26 bits per heavy atom. The lowest BCUT2D eigenvalue weighted by atomic mass is 9.82. The molecule has 1 fully saturated rings. The standard InChI is InChI=1S/C53H47FN6O7Si/c1-33-49(68(2,3)54)48(26-28-57-32-35(27-29-61)55-56-57)67-53(33)40-30-37(60-43-15-7-11-19-47(43)66-45-17-9-5-13-39(45)51(60)63)24-25-41(40)58(52(53)64)31-34-20-22-36(23-21-34)59-42-14-6-10-18-46(42)65-44-16-8-4-12-38(44)50(59)62/h4-25,30,32-33,48-49,61H,26-29,31H2,1-3H3/t33-,48+,49-,53+/m0/s1. The smallest absolute Gasteiger partial charge is 0.266 e. The molecule has 0 bridgehead atoms. The van der Waals surface area contributed by atoms with Crippen LogP contribution in [0, 0.1) is 5.92 Å². The van der Waals surface area contributed by atoms with Gasteiger partial charge in [0, 0.05) is 54.2 Å². The molecular weight excluding hydrogens is 880 g/mol. The molecule has 1 spiro atoms. The van der Waals surface area contributed by atoms with E-state index < -0.39 is 31.6 Å². The number of hydrogen-bond donors (Lipinski definition) is 1. The highest BCUT2D eigenvalue weighted by Crippen LogP contribution is 2.61. The molecule has 4 atom stereocenters. The SMILES string of the molecule is C[C@H]1[C@H]([Si](C)(C)F)[C@@H](CCn2cc(CCO)nn2)O[C@]12C(=O)N(Cc1ccc(N3C(=O)c4ccccc4Oc4ccccc43)cc1)c1ccc(N3C(=O)c4ccccc4Oc4ccccc43)cc12. The van der Waals surface area contributed by atoms with Gasteiger partial charge >= 0.3 is 0 Å². The summed E-state index contributed by atoms with van der Waals surface area (Å²) in [6.45, 7) is 5.65. The Balaban J connectivity index is 0.996. The van der Waals surface area contributed by atoms with E-state index in [2.05, 4.69) is 10.3 Å². The second-order valence-corrected chi connectivity index (χ2v) is 22.0. The van der Waals surface area contributed by atoms with Crippen molar-refractivity contribution in [2.24, 2.45) is 5.92 Å². The molecule has 1 saturated heterocycles. The summed E-state index contributed by atoms with van der Waals surface area (Å²) in [5.74, 6) is 0.389. The number of rotatable bonds is 10. The van der Waals surface area contributed by atoms with Crippen LogP contribution in [0.5, 0.6) is 23.0 Å². The summed E-state index contributed by atoms with van der Waals surface area (Å²) in [7, 11) is -3.56. The van der Waals surface area contributed by atoms with Gasteiger partial charge in [0.1, 0.15) is 11.5 Å². The van der Waals surface area contributed by atoms with E-state index in [1.54, 1.807) is 75.1 Å². The van der Waals surface area contributed by atoms with Gasteiger partial charge in [0.2, 0.25) is 8.41 Å². The van der Waals surface area contributed by atoms with E-state index >= 15 is 8.90 Å². The normalized spacial score (nSPS) is 20.5. The van der Waals surface area contributed by atoms with Crippen LogP contribution in [0.25, 0.3) is 0 Å². The van der Waals surface area contributed by atoms with E-state index in [9.17, 15) is 14.7 Å². The molecule has 1 aromatic heterocycles. The molecule has 15 heteroatoms. The second-order valence-electron chi connectivity index (χ2n) is 18.2. The summed E-state index contributed by atoms with van der Waals surface area (Å²) in [5.41, 5.74) is 3.29. The molecule has 0 radical (unpaired) electrons. The number of nitrogens with zero attached hydrogens (tertiary/aromatic N) is 6. The highest BCUT2D eigenvalue weighted by atomic mass is 28.4. The number of ether oxygens (including phenoxy) is 3. The number of benzene rings is 6. The van der Waals surface area contributed by atoms with Crippen molar-refractivity contribution in [3.05, 3.63) is 174 Å². The number of aryl methyl sites for hydroxylation is 1. The van der Waals surface area contributed by atoms with E-state index in [4.69, 9.17) is 14.2 Å².